The molecule has 0 saturated carbocycles. The lowest BCUT2D eigenvalue weighted by Gasteiger charge is -2.32. The molecule has 0 aromatic heterocycles. The van der Waals surface area contributed by atoms with E-state index in [4.69, 9.17) is 9.47 Å². The topological polar surface area (TPSA) is 50.8 Å². The summed E-state index contributed by atoms with van der Waals surface area (Å²) in [7, 11) is 1.94. The van der Waals surface area contributed by atoms with E-state index in [0.29, 0.717) is 25.9 Å². The van der Waals surface area contributed by atoms with Crippen LogP contribution in [0, 0.1) is 0 Å². The van der Waals surface area contributed by atoms with Crippen molar-refractivity contribution in [3.63, 3.8) is 0 Å². The Balaban J connectivity index is 2.14. The van der Waals surface area contributed by atoms with Crippen LogP contribution in [0.4, 0.5) is 0 Å². The van der Waals surface area contributed by atoms with Crippen LogP contribution in [0.15, 0.2) is 0 Å². The number of piperidine rings is 1. The molecule has 17 heavy (non-hydrogen) atoms. The van der Waals surface area contributed by atoms with Crippen molar-refractivity contribution in [1.29, 1.82) is 0 Å². The Bertz CT molecular complexity index is 224. The van der Waals surface area contributed by atoms with Crippen molar-refractivity contribution in [2.24, 2.45) is 0 Å². The molecule has 1 fully saturated rings. The average Bonchev–Trinajstić information content (AvgIpc) is 2.38. The molecule has 5 nitrogen and oxygen atoms in total. The molecule has 0 aromatic rings. The number of hydrogen-bond donors (Lipinski definition) is 1. The summed E-state index contributed by atoms with van der Waals surface area (Å²) >= 11 is 0. The summed E-state index contributed by atoms with van der Waals surface area (Å²) in [5.74, 6) is 0.0847. The number of likely N-dealkylation sites (tertiary alicyclic amines) is 1. The van der Waals surface area contributed by atoms with Gasteiger partial charge < -0.3 is 19.7 Å². The van der Waals surface area contributed by atoms with Crippen molar-refractivity contribution in [3.05, 3.63) is 0 Å². The van der Waals surface area contributed by atoms with Gasteiger partial charge in [-0.05, 0) is 26.8 Å². The second-order valence-corrected chi connectivity index (χ2v) is 4.22. The molecule has 0 bridgehead atoms. The van der Waals surface area contributed by atoms with Crippen LogP contribution >= 0.6 is 0 Å². The maximum atomic E-state index is 11.8. The summed E-state index contributed by atoms with van der Waals surface area (Å²) in [6, 6.07) is 0.427. The lowest BCUT2D eigenvalue weighted by atomic mass is 10.1. The zero-order valence-electron chi connectivity index (χ0n) is 10.9. The first-order chi connectivity index (χ1) is 8.27. The monoisotopic (exact) mass is 244 g/mol. The Morgan fingerprint density at radius 2 is 2.18 bits per heavy atom. The van der Waals surface area contributed by atoms with Crippen molar-refractivity contribution in [3.8, 4) is 0 Å². The molecule has 0 radical (unpaired) electrons. The minimum atomic E-state index is 0.0847. The Morgan fingerprint density at radius 3 is 2.88 bits per heavy atom. The van der Waals surface area contributed by atoms with Gasteiger partial charge in [0.05, 0.1) is 13.2 Å². The second-order valence-electron chi connectivity index (χ2n) is 4.22. The predicted octanol–water partition coefficient (Wildman–Crippen LogP) is 0.250. The van der Waals surface area contributed by atoms with Crippen LogP contribution in [-0.2, 0) is 14.3 Å². The molecule has 100 valence electrons. The highest BCUT2D eigenvalue weighted by molar-refractivity contribution is 5.77. The van der Waals surface area contributed by atoms with Crippen LogP contribution in [0.3, 0.4) is 0 Å². The summed E-state index contributed by atoms with van der Waals surface area (Å²) in [4.78, 5) is 13.7. The molecular formula is C12H24N2O3. The minimum absolute atomic E-state index is 0.0847. The fraction of sp³-hybridized carbons (Fsp3) is 0.917. The number of amides is 1. The normalized spacial score (nSPS) is 20.6. The number of likely N-dealkylation sites (N-methyl/N-ethyl adjacent to an activating group) is 1. The van der Waals surface area contributed by atoms with E-state index < -0.39 is 0 Å². The van der Waals surface area contributed by atoms with Crippen molar-refractivity contribution < 1.29 is 14.3 Å². The lowest BCUT2D eigenvalue weighted by molar-refractivity contribution is -0.138. The number of rotatable bonds is 7. The first-order valence-corrected chi connectivity index (χ1v) is 6.38. The van der Waals surface area contributed by atoms with Gasteiger partial charge in [-0.1, -0.05) is 0 Å². The Hall–Kier alpha value is -0.650. The second kappa shape index (κ2) is 8.44. The first-order valence-electron chi connectivity index (χ1n) is 6.38. The van der Waals surface area contributed by atoms with Gasteiger partial charge in [0.2, 0.25) is 5.91 Å². The molecule has 1 atom stereocenters. The van der Waals surface area contributed by atoms with Gasteiger partial charge in [-0.2, -0.15) is 0 Å². The molecule has 1 aliphatic heterocycles. The van der Waals surface area contributed by atoms with Crippen LogP contribution in [0.25, 0.3) is 0 Å². The van der Waals surface area contributed by atoms with E-state index in [-0.39, 0.29) is 12.5 Å². The third kappa shape index (κ3) is 5.48. The quantitative estimate of drug-likeness (QED) is 0.652. The van der Waals surface area contributed by atoms with Crippen LogP contribution in [-0.4, -0.2) is 63.4 Å². The third-order valence-electron chi connectivity index (χ3n) is 2.98. The highest BCUT2D eigenvalue weighted by Gasteiger charge is 2.22. The number of ether oxygens (including phenoxy) is 2. The summed E-state index contributed by atoms with van der Waals surface area (Å²) < 4.78 is 10.4. The highest BCUT2D eigenvalue weighted by Crippen LogP contribution is 2.09. The van der Waals surface area contributed by atoms with Crippen molar-refractivity contribution in [2.75, 3.05) is 46.6 Å². The molecule has 1 rings (SSSR count). The number of carbonyl (C=O) groups excluding carboxylic acids is 1. The minimum Gasteiger partial charge on any atom is -0.379 e. The highest BCUT2D eigenvalue weighted by atomic mass is 16.5. The number of hydrogen-bond acceptors (Lipinski definition) is 4. The van der Waals surface area contributed by atoms with Gasteiger partial charge in [-0.25, -0.2) is 0 Å². The van der Waals surface area contributed by atoms with Gasteiger partial charge in [-0.3, -0.25) is 4.79 Å². The molecule has 0 spiro atoms. The van der Waals surface area contributed by atoms with Gasteiger partial charge in [0.15, 0.2) is 0 Å². The lowest BCUT2D eigenvalue weighted by Crippen LogP contribution is -2.48. The maximum Gasteiger partial charge on any atom is 0.248 e. The molecule has 1 N–H and O–H groups in total. The standard InChI is InChI=1S/C12H24N2O3/c1-3-16-7-8-17-10-12(15)14-6-4-5-11(9-14)13-2/h11,13H,3-10H2,1-2H3. The Labute approximate surface area is 103 Å². The van der Waals surface area contributed by atoms with E-state index >= 15 is 0 Å². The molecule has 1 unspecified atom stereocenters. The SMILES string of the molecule is CCOCCOCC(=O)N1CCCC(NC)C1. The van der Waals surface area contributed by atoms with Crippen molar-refractivity contribution >= 4 is 5.91 Å². The van der Waals surface area contributed by atoms with Gasteiger partial charge >= 0.3 is 0 Å². The Morgan fingerprint density at radius 1 is 1.41 bits per heavy atom. The number of nitrogens with one attached hydrogen (secondary N) is 1. The van der Waals surface area contributed by atoms with E-state index in [1.54, 1.807) is 0 Å². The zero-order chi connectivity index (χ0) is 12.5. The van der Waals surface area contributed by atoms with Crippen LogP contribution in [0.5, 0.6) is 0 Å². The molecule has 0 aliphatic carbocycles. The van der Waals surface area contributed by atoms with Crippen LogP contribution < -0.4 is 5.32 Å². The molecule has 1 aliphatic rings. The molecule has 1 heterocycles. The summed E-state index contributed by atoms with van der Waals surface area (Å²) in [5, 5.41) is 3.22. The molecule has 1 saturated heterocycles. The van der Waals surface area contributed by atoms with Gasteiger partial charge in [0.1, 0.15) is 6.61 Å². The van der Waals surface area contributed by atoms with E-state index in [0.717, 1.165) is 25.9 Å². The van der Waals surface area contributed by atoms with Crippen LogP contribution in [0.2, 0.25) is 0 Å². The van der Waals surface area contributed by atoms with Gasteiger partial charge in [-0.15, -0.1) is 0 Å². The molecule has 0 aromatic carbocycles. The van der Waals surface area contributed by atoms with E-state index in [1.807, 2.05) is 18.9 Å². The zero-order valence-corrected chi connectivity index (χ0v) is 10.9. The third-order valence-corrected chi connectivity index (χ3v) is 2.98. The fourth-order valence-electron chi connectivity index (χ4n) is 1.95. The van der Waals surface area contributed by atoms with E-state index in [9.17, 15) is 4.79 Å². The predicted molar refractivity (Wildman–Crippen MR) is 66.0 cm³/mol. The van der Waals surface area contributed by atoms with E-state index in [2.05, 4.69) is 5.32 Å². The maximum absolute atomic E-state index is 11.8. The first kappa shape index (κ1) is 14.4. The van der Waals surface area contributed by atoms with Gasteiger partial charge in [0, 0.05) is 25.7 Å². The summed E-state index contributed by atoms with van der Waals surface area (Å²) in [5.41, 5.74) is 0. The van der Waals surface area contributed by atoms with Crippen molar-refractivity contribution in [2.45, 2.75) is 25.8 Å². The summed E-state index contributed by atoms with van der Waals surface area (Å²) in [6.45, 7) is 5.50. The number of carbonyl (C=O) groups is 1. The number of nitrogens with zero attached hydrogens (tertiary/aromatic N) is 1. The smallest absolute Gasteiger partial charge is 0.248 e. The molecule has 5 heteroatoms. The summed E-state index contributed by atoms with van der Waals surface area (Å²) in [6.07, 6.45) is 2.21. The van der Waals surface area contributed by atoms with Crippen molar-refractivity contribution in [1.82, 2.24) is 10.2 Å². The largest absolute Gasteiger partial charge is 0.379 e. The average molecular weight is 244 g/mol. The molecular weight excluding hydrogens is 220 g/mol. The van der Waals surface area contributed by atoms with Gasteiger partial charge in [0.25, 0.3) is 0 Å². The van der Waals surface area contributed by atoms with E-state index in [1.165, 1.54) is 0 Å². The van der Waals surface area contributed by atoms with Crippen LogP contribution in [0.1, 0.15) is 19.8 Å². The Kier molecular flexibility index (Phi) is 7.16. The fourth-order valence-corrected chi connectivity index (χ4v) is 1.95. The molecule has 1 amide bonds.